The van der Waals surface area contributed by atoms with Crippen LogP contribution in [0.4, 0.5) is 0 Å². The Balaban J connectivity index is 1.97. The molecule has 0 unspecified atom stereocenters. The summed E-state index contributed by atoms with van der Waals surface area (Å²) in [5.41, 5.74) is 0. The van der Waals surface area contributed by atoms with Crippen molar-refractivity contribution in [3.8, 4) is 9.75 Å². The summed E-state index contributed by atoms with van der Waals surface area (Å²) >= 11 is 3.82. The molecule has 2 rings (SSSR count). The molecule has 98 valence electrons. The van der Waals surface area contributed by atoms with E-state index in [4.69, 9.17) is 0 Å². The monoisotopic (exact) mass is 278 g/mol. The van der Waals surface area contributed by atoms with Crippen LogP contribution in [0.15, 0.2) is 29.6 Å². The van der Waals surface area contributed by atoms with Gasteiger partial charge >= 0.3 is 0 Å². The van der Waals surface area contributed by atoms with Gasteiger partial charge in [-0.1, -0.05) is 45.6 Å². The molecule has 0 nitrogen and oxygen atoms in total. The minimum absolute atomic E-state index is 0.875. The van der Waals surface area contributed by atoms with Gasteiger partial charge in [0.25, 0.3) is 0 Å². The van der Waals surface area contributed by atoms with Crippen LogP contribution in [0.2, 0.25) is 0 Å². The third-order valence-electron chi connectivity index (χ3n) is 3.46. The van der Waals surface area contributed by atoms with Gasteiger partial charge in [-0.3, -0.25) is 0 Å². The first-order valence-electron chi connectivity index (χ1n) is 6.96. The van der Waals surface area contributed by atoms with E-state index in [1.54, 1.807) is 4.88 Å². The lowest BCUT2D eigenvalue weighted by atomic mass is 9.95. The van der Waals surface area contributed by atoms with Crippen molar-refractivity contribution >= 4 is 22.7 Å². The van der Waals surface area contributed by atoms with Gasteiger partial charge in [-0.25, -0.2) is 0 Å². The first kappa shape index (κ1) is 13.8. The van der Waals surface area contributed by atoms with Crippen LogP contribution in [-0.2, 0) is 6.42 Å². The molecule has 0 saturated heterocycles. The molecular weight excluding hydrogens is 256 g/mol. The maximum Gasteiger partial charge on any atom is 0.0445 e. The molecule has 0 saturated carbocycles. The summed E-state index contributed by atoms with van der Waals surface area (Å²) in [6.07, 6.45) is 6.67. The first-order chi connectivity index (χ1) is 8.83. The number of rotatable bonds is 7. The van der Waals surface area contributed by atoms with Gasteiger partial charge in [-0.05, 0) is 35.9 Å². The molecule has 0 aromatic carbocycles. The van der Waals surface area contributed by atoms with Gasteiger partial charge in [-0.2, -0.15) is 0 Å². The zero-order chi connectivity index (χ0) is 12.8. The molecule has 2 aromatic rings. The lowest BCUT2D eigenvalue weighted by Crippen LogP contribution is -2.01. The zero-order valence-corrected chi connectivity index (χ0v) is 12.9. The van der Waals surface area contributed by atoms with Gasteiger partial charge in [-0.15, -0.1) is 22.7 Å². The van der Waals surface area contributed by atoms with Crippen LogP contribution in [0.25, 0.3) is 9.75 Å². The predicted octanol–water partition coefficient (Wildman–Crippen LogP) is 6.24. The fourth-order valence-corrected chi connectivity index (χ4v) is 4.22. The average Bonchev–Trinajstić information content (AvgIpc) is 3.04. The molecule has 0 spiro atoms. The van der Waals surface area contributed by atoms with E-state index in [2.05, 4.69) is 43.5 Å². The van der Waals surface area contributed by atoms with Crippen molar-refractivity contribution in [1.82, 2.24) is 0 Å². The molecule has 2 heterocycles. The lowest BCUT2D eigenvalue weighted by Gasteiger charge is -2.12. The number of hydrogen-bond acceptors (Lipinski definition) is 2. The minimum atomic E-state index is 0.875. The van der Waals surface area contributed by atoms with Gasteiger partial charge < -0.3 is 0 Å². The van der Waals surface area contributed by atoms with Crippen molar-refractivity contribution in [2.75, 3.05) is 0 Å². The van der Waals surface area contributed by atoms with Crippen molar-refractivity contribution in [1.29, 1.82) is 0 Å². The van der Waals surface area contributed by atoms with E-state index in [0.717, 1.165) is 5.92 Å². The van der Waals surface area contributed by atoms with Crippen molar-refractivity contribution in [3.05, 3.63) is 34.5 Å². The van der Waals surface area contributed by atoms with Gasteiger partial charge in [0, 0.05) is 14.6 Å². The molecule has 0 N–H and O–H groups in total. The van der Waals surface area contributed by atoms with Crippen LogP contribution in [0.1, 0.15) is 44.4 Å². The molecule has 1 atom stereocenters. The van der Waals surface area contributed by atoms with E-state index in [0.29, 0.717) is 0 Å². The maximum absolute atomic E-state index is 2.33. The summed E-state index contributed by atoms with van der Waals surface area (Å²) in [6, 6.07) is 8.97. The van der Waals surface area contributed by atoms with Gasteiger partial charge in [0.2, 0.25) is 0 Å². The highest BCUT2D eigenvalue weighted by molar-refractivity contribution is 7.21. The molecule has 0 bridgehead atoms. The topological polar surface area (TPSA) is 0 Å². The average molecular weight is 278 g/mol. The second-order valence-corrected chi connectivity index (χ2v) is 6.98. The summed E-state index contributed by atoms with van der Waals surface area (Å²) in [5.74, 6) is 0.875. The van der Waals surface area contributed by atoms with E-state index in [9.17, 15) is 0 Å². The van der Waals surface area contributed by atoms with Crippen LogP contribution in [0, 0.1) is 5.92 Å². The summed E-state index contributed by atoms with van der Waals surface area (Å²) in [7, 11) is 0. The molecule has 18 heavy (non-hydrogen) atoms. The van der Waals surface area contributed by atoms with E-state index in [1.165, 1.54) is 41.9 Å². The largest absolute Gasteiger partial charge is 0.143 e. The molecule has 0 aliphatic carbocycles. The SMILES string of the molecule is CCCC[C@H](CC)Cc1ccc(-c2cccs2)s1. The fourth-order valence-electron chi connectivity index (χ4n) is 2.27. The van der Waals surface area contributed by atoms with Crippen LogP contribution in [0.5, 0.6) is 0 Å². The first-order valence-corrected chi connectivity index (χ1v) is 8.65. The van der Waals surface area contributed by atoms with Gasteiger partial charge in [0.1, 0.15) is 0 Å². The Hall–Kier alpha value is -0.600. The van der Waals surface area contributed by atoms with Gasteiger partial charge in [0.05, 0.1) is 0 Å². The van der Waals surface area contributed by atoms with Crippen molar-refractivity contribution in [2.45, 2.75) is 46.0 Å². The normalized spacial score (nSPS) is 12.8. The molecule has 0 fully saturated rings. The molecular formula is C16H22S2. The van der Waals surface area contributed by atoms with E-state index in [-0.39, 0.29) is 0 Å². The van der Waals surface area contributed by atoms with Crippen LogP contribution in [0.3, 0.4) is 0 Å². The summed E-state index contributed by atoms with van der Waals surface area (Å²) < 4.78 is 0. The lowest BCUT2D eigenvalue weighted by molar-refractivity contribution is 0.452. The Kier molecular flexibility index (Phi) is 5.45. The Labute approximate surface area is 119 Å². The maximum atomic E-state index is 2.33. The highest BCUT2D eigenvalue weighted by Gasteiger charge is 2.10. The molecule has 2 aromatic heterocycles. The molecule has 0 radical (unpaired) electrons. The molecule has 0 aliphatic rings. The number of unbranched alkanes of at least 4 members (excludes halogenated alkanes) is 1. The summed E-state index contributed by atoms with van der Waals surface area (Å²) in [5, 5.41) is 2.16. The van der Waals surface area contributed by atoms with E-state index in [1.807, 2.05) is 22.7 Å². The van der Waals surface area contributed by atoms with Crippen molar-refractivity contribution in [3.63, 3.8) is 0 Å². The molecule has 2 heteroatoms. The Morgan fingerprint density at radius 2 is 2.00 bits per heavy atom. The van der Waals surface area contributed by atoms with E-state index < -0.39 is 0 Å². The zero-order valence-electron chi connectivity index (χ0n) is 11.3. The summed E-state index contributed by atoms with van der Waals surface area (Å²) in [6.45, 7) is 4.61. The Morgan fingerprint density at radius 3 is 2.67 bits per heavy atom. The highest BCUT2D eigenvalue weighted by atomic mass is 32.1. The smallest absolute Gasteiger partial charge is 0.0445 e. The second-order valence-electron chi connectivity index (χ2n) is 4.86. The van der Waals surface area contributed by atoms with Crippen molar-refractivity contribution < 1.29 is 0 Å². The second kappa shape index (κ2) is 7.10. The molecule has 0 amide bonds. The predicted molar refractivity (Wildman–Crippen MR) is 84.6 cm³/mol. The van der Waals surface area contributed by atoms with E-state index >= 15 is 0 Å². The van der Waals surface area contributed by atoms with Crippen molar-refractivity contribution in [2.24, 2.45) is 5.92 Å². The number of hydrogen-bond donors (Lipinski definition) is 0. The Bertz CT molecular complexity index is 439. The van der Waals surface area contributed by atoms with Crippen LogP contribution in [-0.4, -0.2) is 0 Å². The Morgan fingerprint density at radius 1 is 1.11 bits per heavy atom. The summed E-state index contributed by atoms with van der Waals surface area (Å²) in [4.78, 5) is 4.40. The quantitative estimate of drug-likeness (QED) is 0.562. The third-order valence-corrected chi connectivity index (χ3v) is 5.63. The highest BCUT2D eigenvalue weighted by Crippen LogP contribution is 2.33. The minimum Gasteiger partial charge on any atom is -0.143 e. The van der Waals surface area contributed by atoms with Gasteiger partial charge in [0.15, 0.2) is 0 Å². The number of thiophene rings is 2. The molecule has 0 aliphatic heterocycles. The third kappa shape index (κ3) is 3.69. The van der Waals surface area contributed by atoms with Crippen LogP contribution < -0.4 is 0 Å². The van der Waals surface area contributed by atoms with Crippen LogP contribution >= 0.6 is 22.7 Å². The fraction of sp³-hybridized carbons (Fsp3) is 0.500. The standard InChI is InChI=1S/C16H22S2/c1-3-5-7-13(4-2)12-14-9-10-16(18-14)15-8-6-11-17-15/h6,8-11,13H,3-5,7,12H2,1-2H3/t13-/m0/s1.